The van der Waals surface area contributed by atoms with Gasteiger partial charge >= 0.3 is 0 Å². The van der Waals surface area contributed by atoms with Gasteiger partial charge in [-0.15, -0.1) is 0 Å². The Balaban J connectivity index is 1.61. The fourth-order valence-electron chi connectivity index (χ4n) is 4.41. The maximum Gasteiger partial charge on any atom is 0.257 e. The zero-order chi connectivity index (χ0) is 26.1. The number of rotatable bonds is 5. The molecule has 1 amide bonds. The van der Waals surface area contributed by atoms with Gasteiger partial charge in [0, 0.05) is 60.6 Å². The maximum absolute atomic E-state index is 15.2. The molecule has 10 heteroatoms. The van der Waals surface area contributed by atoms with Gasteiger partial charge in [-0.25, -0.2) is 13.2 Å². The van der Waals surface area contributed by atoms with Gasteiger partial charge in [-0.1, -0.05) is 11.6 Å². The van der Waals surface area contributed by atoms with E-state index in [0.29, 0.717) is 48.1 Å². The first-order valence-corrected chi connectivity index (χ1v) is 12.0. The molecule has 37 heavy (non-hydrogen) atoms. The number of benzene rings is 3. The molecular formula is C27H22ClF3N4O2. The van der Waals surface area contributed by atoms with Crippen molar-refractivity contribution >= 4 is 34.1 Å². The average molecular weight is 527 g/mol. The second-order valence-electron chi connectivity index (χ2n) is 8.69. The van der Waals surface area contributed by atoms with E-state index in [9.17, 15) is 18.4 Å². The molecule has 3 aromatic carbocycles. The van der Waals surface area contributed by atoms with Crippen LogP contribution in [0.5, 0.6) is 0 Å². The highest BCUT2D eigenvalue weighted by Gasteiger charge is 2.21. The molecule has 4 aromatic rings. The number of amides is 1. The van der Waals surface area contributed by atoms with Gasteiger partial charge in [0.25, 0.3) is 5.91 Å². The van der Waals surface area contributed by atoms with E-state index in [4.69, 9.17) is 11.6 Å². The van der Waals surface area contributed by atoms with Crippen molar-refractivity contribution in [3.63, 3.8) is 0 Å². The van der Waals surface area contributed by atoms with Gasteiger partial charge in [0.15, 0.2) is 0 Å². The smallest absolute Gasteiger partial charge is 0.257 e. The lowest BCUT2D eigenvalue weighted by Gasteiger charge is -2.30. The van der Waals surface area contributed by atoms with E-state index < -0.39 is 28.8 Å². The second-order valence-corrected chi connectivity index (χ2v) is 9.13. The number of hydrogen-bond acceptors (Lipinski definition) is 4. The Hall–Kier alpha value is -3.82. The molecule has 1 fully saturated rings. The Morgan fingerprint density at radius 1 is 0.973 bits per heavy atom. The second kappa shape index (κ2) is 10.3. The molecule has 0 spiro atoms. The van der Waals surface area contributed by atoms with Crippen LogP contribution in [-0.2, 0) is 6.54 Å². The third-order valence-corrected chi connectivity index (χ3v) is 6.56. The van der Waals surface area contributed by atoms with Crippen LogP contribution in [0.2, 0.25) is 5.02 Å². The molecule has 1 aliphatic rings. The van der Waals surface area contributed by atoms with Crippen molar-refractivity contribution in [3.8, 4) is 5.69 Å². The van der Waals surface area contributed by atoms with E-state index >= 15 is 4.39 Å². The first-order valence-electron chi connectivity index (χ1n) is 11.6. The fourth-order valence-corrected chi connectivity index (χ4v) is 4.60. The lowest BCUT2D eigenvalue weighted by Crippen LogP contribution is -2.43. The Kier molecular flexibility index (Phi) is 6.90. The van der Waals surface area contributed by atoms with Crippen LogP contribution in [-0.4, -0.2) is 36.7 Å². The van der Waals surface area contributed by atoms with Gasteiger partial charge in [-0.05, 0) is 54.6 Å². The molecular weight excluding hydrogens is 505 g/mol. The molecule has 0 bridgehead atoms. The highest BCUT2D eigenvalue weighted by Crippen LogP contribution is 2.27. The van der Waals surface area contributed by atoms with Gasteiger partial charge in [0.1, 0.15) is 23.0 Å². The summed E-state index contributed by atoms with van der Waals surface area (Å²) in [5, 5.41) is 6.03. The lowest BCUT2D eigenvalue weighted by atomic mass is 10.1. The molecule has 0 aliphatic carbocycles. The summed E-state index contributed by atoms with van der Waals surface area (Å²) >= 11 is 5.92. The summed E-state index contributed by atoms with van der Waals surface area (Å²) in [4.78, 5) is 28.3. The largest absolute Gasteiger partial charge is 0.367 e. The minimum atomic E-state index is -0.770. The average Bonchev–Trinajstić information content (AvgIpc) is 2.90. The Bertz CT molecular complexity index is 1550. The number of pyridine rings is 1. The summed E-state index contributed by atoms with van der Waals surface area (Å²) in [5.74, 6) is -2.37. The van der Waals surface area contributed by atoms with Crippen LogP contribution in [0.25, 0.3) is 16.6 Å². The highest BCUT2D eigenvalue weighted by molar-refractivity contribution is 6.30. The molecule has 1 aliphatic heterocycles. The standard InChI is InChI=1S/C27H22ClF3N4O2/c28-17-1-6-22(30)16(11-17)14-33-27(37)21-15-35(19-4-2-18(29)3-5-19)24-13-25(34-9-7-32-8-10-34)23(31)12-20(24)26(21)36/h1-6,11-13,15,32H,7-10,14H2,(H,33,37). The number of carbonyl (C=O) groups is 1. The summed E-state index contributed by atoms with van der Waals surface area (Å²) in [6.07, 6.45) is 1.33. The Morgan fingerprint density at radius 3 is 2.43 bits per heavy atom. The minimum absolute atomic E-state index is 0.0118. The molecule has 0 saturated carbocycles. The zero-order valence-corrected chi connectivity index (χ0v) is 20.3. The van der Waals surface area contributed by atoms with E-state index in [1.807, 2.05) is 4.90 Å². The Morgan fingerprint density at radius 2 is 1.70 bits per heavy atom. The summed E-state index contributed by atoms with van der Waals surface area (Å²) in [6, 6.07) is 12.1. The molecule has 2 heterocycles. The van der Waals surface area contributed by atoms with Crippen molar-refractivity contribution in [2.75, 3.05) is 31.1 Å². The third kappa shape index (κ3) is 5.05. The number of fused-ring (bicyclic) bond motifs is 1. The normalized spacial score (nSPS) is 13.7. The fraction of sp³-hybridized carbons (Fsp3) is 0.185. The predicted molar refractivity (Wildman–Crippen MR) is 137 cm³/mol. The van der Waals surface area contributed by atoms with Gasteiger partial charge in [0.2, 0.25) is 5.43 Å². The van der Waals surface area contributed by atoms with E-state index in [1.54, 1.807) is 10.6 Å². The Labute approximate surface area is 215 Å². The van der Waals surface area contributed by atoms with Crippen LogP contribution in [0.4, 0.5) is 18.9 Å². The summed E-state index contributed by atoms with van der Waals surface area (Å²) in [5.41, 5.74) is 0.366. The van der Waals surface area contributed by atoms with Crippen LogP contribution in [0.1, 0.15) is 15.9 Å². The van der Waals surface area contributed by atoms with Gasteiger partial charge < -0.3 is 20.1 Å². The summed E-state index contributed by atoms with van der Waals surface area (Å²) in [6.45, 7) is 2.34. The number of hydrogen-bond donors (Lipinski definition) is 2. The van der Waals surface area contributed by atoms with E-state index in [0.717, 1.165) is 6.07 Å². The van der Waals surface area contributed by atoms with Crippen molar-refractivity contribution in [3.05, 3.63) is 105 Å². The molecule has 5 rings (SSSR count). The van der Waals surface area contributed by atoms with Crippen LogP contribution >= 0.6 is 11.6 Å². The molecule has 0 radical (unpaired) electrons. The number of carbonyl (C=O) groups excluding carboxylic acids is 1. The van der Waals surface area contributed by atoms with Crippen molar-refractivity contribution in [1.29, 1.82) is 0 Å². The van der Waals surface area contributed by atoms with Gasteiger partial charge in [-0.2, -0.15) is 0 Å². The topological polar surface area (TPSA) is 66.4 Å². The van der Waals surface area contributed by atoms with Crippen LogP contribution in [0.3, 0.4) is 0 Å². The number of aromatic nitrogens is 1. The molecule has 190 valence electrons. The van der Waals surface area contributed by atoms with Gasteiger partial charge in [0.05, 0.1) is 11.2 Å². The van der Waals surface area contributed by atoms with Crippen LogP contribution in [0.15, 0.2) is 65.6 Å². The summed E-state index contributed by atoms with van der Waals surface area (Å²) < 4.78 is 44.5. The van der Waals surface area contributed by atoms with E-state index in [1.165, 1.54) is 48.7 Å². The molecule has 2 N–H and O–H groups in total. The quantitative estimate of drug-likeness (QED) is 0.404. The number of halogens is 4. The lowest BCUT2D eigenvalue weighted by molar-refractivity contribution is 0.0949. The molecule has 0 unspecified atom stereocenters. The highest BCUT2D eigenvalue weighted by atomic mass is 35.5. The van der Waals surface area contributed by atoms with E-state index in [2.05, 4.69) is 10.6 Å². The third-order valence-electron chi connectivity index (χ3n) is 6.33. The van der Waals surface area contributed by atoms with Crippen LogP contribution < -0.4 is 21.0 Å². The SMILES string of the molecule is O=C(NCc1cc(Cl)ccc1F)c1cn(-c2ccc(F)cc2)c2cc(N3CCNCC3)c(F)cc2c1=O. The van der Waals surface area contributed by atoms with Crippen molar-refractivity contribution < 1.29 is 18.0 Å². The number of nitrogens with zero attached hydrogens (tertiary/aromatic N) is 2. The van der Waals surface area contributed by atoms with Gasteiger partial charge in [-0.3, -0.25) is 9.59 Å². The maximum atomic E-state index is 15.2. The number of nitrogens with one attached hydrogen (secondary N) is 2. The van der Waals surface area contributed by atoms with Crippen molar-refractivity contribution in [1.82, 2.24) is 15.2 Å². The first-order chi connectivity index (χ1) is 17.8. The zero-order valence-electron chi connectivity index (χ0n) is 19.5. The minimum Gasteiger partial charge on any atom is -0.367 e. The molecule has 0 atom stereocenters. The van der Waals surface area contributed by atoms with Crippen molar-refractivity contribution in [2.24, 2.45) is 0 Å². The summed E-state index contributed by atoms with van der Waals surface area (Å²) in [7, 11) is 0. The number of anilines is 1. The first kappa shape index (κ1) is 24.9. The van der Waals surface area contributed by atoms with Crippen molar-refractivity contribution in [2.45, 2.75) is 6.54 Å². The molecule has 1 aromatic heterocycles. The molecule has 6 nitrogen and oxygen atoms in total. The van der Waals surface area contributed by atoms with E-state index in [-0.39, 0.29) is 23.1 Å². The number of piperazine rings is 1. The van der Waals surface area contributed by atoms with Crippen LogP contribution in [0, 0.1) is 17.5 Å². The molecule has 1 saturated heterocycles. The predicted octanol–water partition coefficient (Wildman–Crippen LogP) is 4.40. The monoisotopic (exact) mass is 526 g/mol.